The predicted molar refractivity (Wildman–Crippen MR) is 86.9 cm³/mol. The Morgan fingerprint density at radius 1 is 1.13 bits per heavy atom. The minimum atomic E-state index is -0.0879. The van der Waals surface area contributed by atoms with Crippen LogP contribution in [-0.4, -0.2) is 82.3 Å². The van der Waals surface area contributed by atoms with Crippen LogP contribution in [0, 0.1) is 0 Å². The summed E-state index contributed by atoms with van der Waals surface area (Å²) in [6.07, 6.45) is 5.44. The van der Waals surface area contributed by atoms with Gasteiger partial charge in [0.25, 0.3) is 5.91 Å². The van der Waals surface area contributed by atoms with Crippen molar-refractivity contribution in [1.29, 1.82) is 0 Å². The standard InChI is InChI=1S/C16H25N5O2/c1-3-20(4-2)15(22)13-19-8-5-9-21(11-10-19)16(23)14-12-17-6-7-18-14/h6-7,12H,3-5,8-11,13H2,1-2H3. The second-order valence-corrected chi connectivity index (χ2v) is 5.58. The quantitative estimate of drug-likeness (QED) is 0.790. The third-order valence-corrected chi connectivity index (χ3v) is 4.13. The number of carbonyl (C=O) groups is 2. The highest BCUT2D eigenvalue weighted by Gasteiger charge is 2.23. The molecule has 0 aliphatic carbocycles. The molecule has 2 amide bonds. The first-order valence-corrected chi connectivity index (χ1v) is 8.21. The van der Waals surface area contributed by atoms with Gasteiger partial charge in [0.2, 0.25) is 5.91 Å². The first-order chi connectivity index (χ1) is 11.2. The lowest BCUT2D eigenvalue weighted by Gasteiger charge is -2.25. The summed E-state index contributed by atoms with van der Waals surface area (Å²) in [7, 11) is 0. The molecule has 1 fully saturated rings. The van der Waals surface area contributed by atoms with E-state index in [1.165, 1.54) is 12.4 Å². The van der Waals surface area contributed by atoms with E-state index < -0.39 is 0 Å². The van der Waals surface area contributed by atoms with Crippen molar-refractivity contribution < 1.29 is 9.59 Å². The van der Waals surface area contributed by atoms with Gasteiger partial charge in [-0.3, -0.25) is 19.5 Å². The summed E-state index contributed by atoms with van der Waals surface area (Å²) in [5.74, 6) is 0.0683. The molecule has 1 aromatic rings. The number of rotatable bonds is 5. The van der Waals surface area contributed by atoms with Gasteiger partial charge < -0.3 is 9.80 Å². The molecule has 1 aliphatic heterocycles. The Labute approximate surface area is 137 Å². The van der Waals surface area contributed by atoms with Crippen molar-refractivity contribution in [2.75, 3.05) is 45.8 Å². The zero-order chi connectivity index (χ0) is 16.7. The Bertz CT molecular complexity index is 518. The number of hydrogen-bond acceptors (Lipinski definition) is 5. The predicted octanol–water partition coefficient (Wildman–Crippen LogP) is 0.493. The van der Waals surface area contributed by atoms with E-state index in [0.717, 1.165) is 26.1 Å². The van der Waals surface area contributed by atoms with Gasteiger partial charge in [0.05, 0.1) is 12.7 Å². The third kappa shape index (κ3) is 4.72. The van der Waals surface area contributed by atoms with Crippen LogP contribution in [0.25, 0.3) is 0 Å². The lowest BCUT2D eigenvalue weighted by atomic mass is 10.3. The van der Waals surface area contributed by atoms with Gasteiger partial charge in [0.15, 0.2) is 0 Å². The van der Waals surface area contributed by atoms with Crippen LogP contribution >= 0.6 is 0 Å². The molecule has 0 N–H and O–H groups in total. The van der Waals surface area contributed by atoms with Crippen molar-refractivity contribution in [2.24, 2.45) is 0 Å². The third-order valence-electron chi connectivity index (χ3n) is 4.13. The maximum atomic E-state index is 12.4. The van der Waals surface area contributed by atoms with Gasteiger partial charge in [0.1, 0.15) is 5.69 Å². The first-order valence-electron chi connectivity index (χ1n) is 8.21. The van der Waals surface area contributed by atoms with Gasteiger partial charge in [-0.05, 0) is 20.3 Å². The number of likely N-dealkylation sites (N-methyl/N-ethyl adjacent to an activating group) is 1. The lowest BCUT2D eigenvalue weighted by Crippen LogP contribution is -2.42. The number of aromatic nitrogens is 2. The van der Waals surface area contributed by atoms with E-state index in [0.29, 0.717) is 31.9 Å². The molecule has 2 heterocycles. The van der Waals surface area contributed by atoms with Crippen LogP contribution in [0.3, 0.4) is 0 Å². The van der Waals surface area contributed by atoms with Crippen LogP contribution in [0.2, 0.25) is 0 Å². The molecule has 0 saturated carbocycles. The normalized spacial score (nSPS) is 16.0. The summed E-state index contributed by atoms with van der Waals surface area (Å²) in [6.45, 7) is 8.72. The monoisotopic (exact) mass is 319 g/mol. The summed E-state index contributed by atoms with van der Waals surface area (Å²) in [5, 5.41) is 0. The Kier molecular flexibility index (Phi) is 6.46. The van der Waals surface area contributed by atoms with Crippen molar-refractivity contribution in [3.63, 3.8) is 0 Å². The van der Waals surface area contributed by atoms with Crippen molar-refractivity contribution in [1.82, 2.24) is 24.7 Å². The molecule has 0 bridgehead atoms. The smallest absolute Gasteiger partial charge is 0.274 e. The number of nitrogens with zero attached hydrogens (tertiary/aromatic N) is 5. The molecule has 0 unspecified atom stereocenters. The fraction of sp³-hybridized carbons (Fsp3) is 0.625. The van der Waals surface area contributed by atoms with Gasteiger partial charge in [-0.2, -0.15) is 0 Å². The average molecular weight is 319 g/mol. The van der Waals surface area contributed by atoms with E-state index >= 15 is 0 Å². The summed E-state index contributed by atoms with van der Waals surface area (Å²) in [5.41, 5.74) is 0.375. The van der Waals surface area contributed by atoms with Gasteiger partial charge in [-0.1, -0.05) is 0 Å². The van der Waals surface area contributed by atoms with Crippen molar-refractivity contribution in [3.8, 4) is 0 Å². The Hall–Kier alpha value is -2.02. The fourth-order valence-electron chi connectivity index (χ4n) is 2.77. The van der Waals surface area contributed by atoms with Crippen LogP contribution in [0.15, 0.2) is 18.6 Å². The summed E-state index contributed by atoms with van der Waals surface area (Å²) in [6, 6.07) is 0. The van der Waals surface area contributed by atoms with Crippen molar-refractivity contribution >= 4 is 11.8 Å². The van der Waals surface area contributed by atoms with E-state index in [2.05, 4.69) is 14.9 Å². The van der Waals surface area contributed by atoms with Crippen LogP contribution in [-0.2, 0) is 4.79 Å². The molecule has 1 aliphatic rings. The molecule has 1 saturated heterocycles. The minimum Gasteiger partial charge on any atom is -0.342 e. The molecule has 0 radical (unpaired) electrons. The van der Waals surface area contributed by atoms with E-state index in [1.54, 1.807) is 11.1 Å². The second kappa shape index (κ2) is 8.57. The van der Waals surface area contributed by atoms with Gasteiger partial charge in [-0.25, -0.2) is 4.98 Å². The van der Waals surface area contributed by atoms with Gasteiger partial charge in [0, 0.05) is 51.7 Å². The molecule has 1 aromatic heterocycles. The molecule has 126 valence electrons. The maximum Gasteiger partial charge on any atom is 0.274 e. The van der Waals surface area contributed by atoms with E-state index in [4.69, 9.17) is 0 Å². The van der Waals surface area contributed by atoms with E-state index in [1.807, 2.05) is 18.7 Å². The molecular formula is C16H25N5O2. The molecular weight excluding hydrogens is 294 g/mol. The molecule has 0 spiro atoms. The van der Waals surface area contributed by atoms with Crippen molar-refractivity contribution in [2.45, 2.75) is 20.3 Å². The van der Waals surface area contributed by atoms with Crippen LogP contribution < -0.4 is 0 Å². The Morgan fingerprint density at radius 2 is 1.91 bits per heavy atom. The van der Waals surface area contributed by atoms with E-state index in [9.17, 15) is 9.59 Å². The number of amides is 2. The SMILES string of the molecule is CCN(CC)C(=O)CN1CCCN(C(=O)c2cnccn2)CC1. The molecule has 2 rings (SSSR count). The van der Waals surface area contributed by atoms with Crippen LogP contribution in [0.1, 0.15) is 30.8 Å². The zero-order valence-electron chi connectivity index (χ0n) is 13.9. The highest BCUT2D eigenvalue weighted by atomic mass is 16.2. The molecule has 7 heteroatoms. The average Bonchev–Trinajstić information content (AvgIpc) is 2.82. The van der Waals surface area contributed by atoms with Gasteiger partial charge in [-0.15, -0.1) is 0 Å². The largest absolute Gasteiger partial charge is 0.342 e. The molecule has 0 atom stereocenters. The fourth-order valence-corrected chi connectivity index (χ4v) is 2.77. The van der Waals surface area contributed by atoms with Crippen molar-refractivity contribution in [3.05, 3.63) is 24.3 Å². The lowest BCUT2D eigenvalue weighted by molar-refractivity contribution is -0.132. The summed E-state index contributed by atoms with van der Waals surface area (Å²) < 4.78 is 0. The van der Waals surface area contributed by atoms with Gasteiger partial charge >= 0.3 is 0 Å². The zero-order valence-corrected chi connectivity index (χ0v) is 13.9. The first kappa shape index (κ1) is 17.3. The molecule has 7 nitrogen and oxygen atoms in total. The highest BCUT2D eigenvalue weighted by molar-refractivity contribution is 5.92. The molecule has 23 heavy (non-hydrogen) atoms. The van der Waals surface area contributed by atoms with E-state index in [-0.39, 0.29) is 11.8 Å². The maximum absolute atomic E-state index is 12.4. The summed E-state index contributed by atoms with van der Waals surface area (Å²) in [4.78, 5) is 38.4. The minimum absolute atomic E-state index is 0.0879. The topological polar surface area (TPSA) is 69.6 Å². The van der Waals surface area contributed by atoms with Crippen LogP contribution in [0.4, 0.5) is 0 Å². The highest BCUT2D eigenvalue weighted by Crippen LogP contribution is 2.07. The molecule has 0 aromatic carbocycles. The number of hydrogen-bond donors (Lipinski definition) is 0. The Balaban J connectivity index is 1.90. The van der Waals surface area contributed by atoms with Crippen LogP contribution in [0.5, 0.6) is 0 Å². The number of carbonyl (C=O) groups excluding carboxylic acids is 2. The summed E-state index contributed by atoms with van der Waals surface area (Å²) >= 11 is 0. The Morgan fingerprint density at radius 3 is 2.57 bits per heavy atom. The second-order valence-electron chi connectivity index (χ2n) is 5.58.